The summed E-state index contributed by atoms with van der Waals surface area (Å²) in [6, 6.07) is 10.8. The lowest BCUT2D eigenvalue weighted by Crippen LogP contribution is -2.39. The highest BCUT2D eigenvalue weighted by molar-refractivity contribution is 7.99. The Kier molecular flexibility index (Phi) is 6.40. The van der Waals surface area contributed by atoms with Crippen molar-refractivity contribution in [3.8, 4) is 0 Å². The fraction of sp³-hybridized carbons (Fsp3) is 0.562. The van der Waals surface area contributed by atoms with Crippen molar-refractivity contribution in [3.05, 3.63) is 35.9 Å². The van der Waals surface area contributed by atoms with Gasteiger partial charge in [0, 0.05) is 25.0 Å². The molecule has 1 aliphatic heterocycles. The van der Waals surface area contributed by atoms with E-state index in [0.717, 1.165) is 31.8 Å². The van der Waals surface area contributed by atoms with Gasteiger partial charge in [0.1, 0.15) is 0 Å². The topological polar surface area (TPSA) is 38.3 Å². The van der Waals surface area contributed by atoms with Gasteiger partial charge in [-0.25, -0.2) is 0 Å². The van der Waals surface area contributed by atoms with Crippen LogP contribution < -0.4 is 5.32 Å². The lowest BCUT2D eigenvalue weighted by molar-refractivity contribution is -0.119. The number of ether oxygens (including phenoxy) is 1. The smallest absolute Gasteiger partial charge is 0.230 e. The van der Waals surface area contributed by atoms with Crippen molar-refractivity contribution in [3.63, 3.8) is 0 Å². The van der Waals surface area contributed by atoms with E-state index in [1.807, 2.05) is 6.07 Å². The summed E-state index contributed by atoms with van der Waals surface area (Å²) in [5.41, 5.74) is 1.34. The third-order valence-electron chi connectivity index (χ3n) is 3.56. The average Bonchev–Trinajstić information content (AvgIpc) is 2.49. The molecule has 0 spiro atoms. The van der Waals surface area contributed by atoms with Gasteiger partial charge < -0.3 is 10.1 Å². The molecular weight excluding hydrogens is 270 g/mol. The molecule has 0 aromatic heterocycles. The van der Waals surface area contributed by atoms with Crippen LogP contribution in [0.1, 0.15) is 31.2 Å². The van der Waals surface area contributed by atoms with Gasteiger partial charge in [0.25, 0.3) is 0 Å². The maximum Gasteiger partial charge on any atom is 0.230 e. The third-order valence-corrected chi connectivity index (χ3v) is 4.76. The Morgan fingerprint density at radius 1 is 1.35 bits per heavy atom. The third kappa shape index (κ3) is 5.17. The first kappa shape index (κ1) is 15.4. The molecule has 1 amide bonds. The van der Waals surface area contributed by atoms with Crippen LogP contribution in [0.4, 0.5) is 0 Å². The van der Waals surface area contributed by atoms with Crippen molar-refractivity contribution in [1.29, 1.82) is 0 Å². The molecule has 1 atom stereocenters. The highest BCUT2D eigenvalue weighted by Crippen LogP contribution is 2.19. The standard InChI is InChI=1S/C16H23NO2S/c1-13(14-5-3-2-4-6-14)11-20-12-16(18)17-15-7-9-19-10-8-15/h2-6,13,15H,7-12H2,1H3,(H,17,18). The summed E-state index contributed by atoms with van der Waals surface area (Å²) in [4.78, 5) is 11.9. The second-order valence-electron chi connectivity index (χ2n) is 5.28. The summed E-state index contributed by atoms with van der Waals surface area (Å²) in [6.45, 7) is 3.74. The molecule has 0 radical (unpaired) electrons. The van der Waals surface area contributed by atoms with Gasteiger partial charge in [-0.15, -0.1) is 0 Å². The van der Waals surface area contributed by atoms with Gasteiger partial charge in [0.15, 0.2) is 0 Å². The van der Waals surface area contributed by atoms with Gasteiger partial charge in [-0.1, -0.05) is 37.3 Å². The number of carbonyl (C=O) groups is 1. The number of nitrogens with one attached hydrogen (secondary N) is 1. The minimum Gasteiger partial charge on any atom is -0.381 e. The Bertz CT molecular complexity index is 404. The molecule has 110 valence electrons. The molecule has 1 saturated heterocycles. The molecule has 1 aromatic carbocycles. The minimum atomic E-state index is 0.155. The lowest BCUT2D eigenvalue weighted by atomic mass is 10.0. The Hall–Kier alpha value is -1.00. The quantitative estimate of drug-likeness (QED) is 0.876. The molecule has 1 aliphatic rings. The van der Waals surface area contributed by atoms with E-state index in [1.54, 1.807) is 11.8 Å². The Labute approximate surface area is 125 Å². The van der Waals surface area contributed by atoms with Crippen molar-refractivity contribution in [2.24, 2.45) is 0 Å². The number of carbonyl (C=O) groups excluding carboxylic acids is 1. The van der Waals surface area contributed by atoms with Crippen molar-refractivity contribution in [1.82, 2.24) is 5.32 Å². The van der Waals surface area contributed by atoms with Crippen LogP contribution in [-0.2, 0) is 9.53 Å². The first-order chi connectivity index (χ1) is 9.75. The fourth-order valence-corrected chi connectivity index (χ4v) is 3.25. The average molecular weight is 293 g/mol. The number of hydrogen-bond donors (Lipinski definition) is 1. The van der Waals surface area contributed by atoms with E-state index >= 15 is 0 Å². The number of amides is 1. The highest BCUT2D eigenvalue weighted by Gasteiger charge is 2.16. The molecule has 2 rings (SSSR count). The zero-order chi connectivity index (χ0) is 14.2. The molecule has 0 saturated carbocycles. The second kappa shape index (κ2) is 8.32. The zero-order valence-corrected chi connectivity index (χ0v) is 12.8. The van der Waals surface area contributed by atoms with E-state index in [9.17, 15) is 4.79 Å². The molecule has 1 unspecified atom stereocenters. The molecule has 1 N–H and O–H groups in total. The van der Waals surface area contributed by atoms with E-state index in [2.05, 4.69) is 36.5 Å². The van der Waals surface area contributed by atoms with Gasteiger partial charge in [-0.3, -0.25) is 4.79 Å². The van der Waals surface area contributed by atoms with E-state index in [-0.39, 0.29) is 5.91 Å². The van der Waals surface area contributed by atoms with Crippen LogP contribution in [0.25, 0.3) is 0 Å². The van der Waals surface area contributed by atoms with Crippen LogP contribution in [-0.4, -0.2) is 36.7 Å². The monoisotopic (exact) mass is 293 g/mol. The van der Waals surface area contributed by atoms with E-state index in [4.69, 9.17) is 4.74 Å². The first-order valence-corrected chi connectivity index (χ1v) is 8.41. The summed E-state index contributed by atoms with van der Waals surface area (Å²) >= 11 is 1.71. The summed E-state index contributed by atoms with van der Waals surface area (Å²) in [5, 5.41) is 3.09. The predicted octanol–water partition coefficient (Wildman–Crippen LogP) is 2.82. The van der Waals surface area contributed by atoms with Crippen LogP contribution in [0.15, 0.2) is 30.3 Å². The Balaban J connectivity index is 1.63. The molecule has 4 heteroatoms. The molecule has 1 heterocycles. The summed E-state index contributed by atoms with van der Waals surface area (Å²) < 4.78 is 5.29. The van der Waals surface area contributed by atoms with Crippen molar-refractivity contribution in [2.75, 3.05) is 24.7 Å². The van der Waals surface area contributed by atoms with Crippen molar-refractivity contribution < 1.29 is 9.53 Å². The van der Waals surface area contributed by atoms with E-state index in [0.29, 0.717) is 17.7 Å². The van der Waals surface area contributed by atoms with Gasteiger partial charge >= 0.3 is 0 Å². The van der Waals surface area contributed by atoms with Crippen LogP contribution in [0, 0.1) is 0 Å². The number of benzene rings is 1. The van der Waals surface area contributed by atoms with Gasteiger partial charge in [0.2, 0.25) is 5.91 Å². The van der Waals surface area contributed by atoms with Gasteiger partial charge in [0.05, 0.1) is 5.75 Å². The Morgan fingerprint density at radius 2 is 2.05 bits per heavy atom. The molecule has 3 nitrogen and oxygen atoms in total. The van der Waals surface area contributed by atoms with Crippen LogP contribution >= 0.6 is 11.8 Å². The molecule has 1 fully saturated rings. The molecule has 20 heavy (non-hydrogen) atoms. The molecule has 1 aromatic rings. The van der Waals surface area contributed by atoms with Crippen LogP contribution in [0.2, 0.25) is 0 Å². The maximum absolute atomic E-state index is 11.9. The molecular formula is C16H23NO2S. The van der Waals surface area contributed by atoms with Crippen LogP contribution in [0.3, 0.4) is 0 Å². The first-order valence-electron chi connectivity index (χ1n) is 7.25. The maximum atomic E-state index is 11.9. The Morgan fingerprint density at radius 3 is 2.75 bits per heavy atom. The summed E-state index contributed by atoms with van der Waals surface area (Å²) in [5.74, 6) is 2.17. The molecule has 0 bridgehead atoms. The molecule has 0 aliphatic carbocycles. The minimum absolute atomic E-state index is 0.155. The van der Waals surface area contributed by atoms with E-state index in [1.165, 1.54) is 5.56 Å². The predicted molar refractivity (Wildman–Crippen MR) is 84.2 cm³/mol. The largest absolute Gasteiger partial charge is 0.381 e. The second-order valence-corrected chi connectivity index (χ2v) is 6.31. The summed E-state index contributed by atoms with van der Waals surface area (Å²) in [6.07, 6.45) is 1.88. The number of rotatable bonds is 6. The van der Waals surface area contributed by atoms with Gasteiger partial charge in [-0.2, -0.15) is 11.8 Å². The van der Waals surface area contributed by atoms with Crippen molar-refractivity contribution in [2.45, 2.75) is 31.7 Å². The zero-order valence-electron chi connectivity index (χ0n) is 12.0. The lowest BCUT2D eigenvalue weighted by Gasteiger charge is -2.23. The fourth-order valence-electron chi connectivity index (χ4n) is 2.32. The van der Waals surface area contributed by atoms with Crippen molar-refractivity contribution >= 4 is 17.7 Å². The van der Waals surface area contributed by atoms with Gasteiger partial charge in [-0.05, 0) is 24.3 Å². The summed E-state index contributed by atoms with van der Waals surface area (Å²) in [7, 11) is 0. The van der Waals surface area contributed by atoms with Crippen LogP contribution in [0.5, 0.6) is 0 Å². The number of hydrogen-bond acceptors (Lipinski definition) is 3. The highest BCUT2D eigenvalue weighted by atomic mass is 32.2. The number of thioether (sulfide) groups is 1. The SMILES string of the molecule is CC(CSCC(=O)NC1CCOCC1)c1ccccc1. The van der Waals surface area contributed by atoms with E-state index < -0.39 is 0 Å². The normalized spacial score (nSPS) is 17.6.